The molecule has 0 radical (unpaired) electrons. The van der Waals surface area contributed by atoms with Gasteiger partial charge in [-0.15, -0.1) is 11.3 Å². The van der Waals surface area contributed by atoms with E-state index in [4.69, 9.17) is 4.74 Å². The molecule has 0 aliphatic carbocycles. The van der Waals surface area contributed by atoms with Gasteiger partial charge in [-0.2, -0.15) is 0 Å². The Balaban J connectivity index is 2.26. The number of nitrogens with zero attached hydrogens (tertiary/aromatic N) is 1. The number of hydrogen-bond acceptors (Lipinski definition) is 4. The van der Waals surface area contributed by atoms with Gasteiger partial charge in [-0.3, -0.25) is 4.90 Å². The normalized spacial score (nSPS) is 25.8. The summed E-state index contributed by atoms with van der Waals surface area (Å²) in [6, 6.07) is 3.13. The largest absolute Gasteiger partial charge is 0.374 e. The summed E-state index contributed by atoms with van der Waals surface area (Å²) in [6.45, 7) is 7.25. The first-order valence-electron chi connectivity index (χ1n) is 6.39. The molecule has 0 saturated carbocycles. The lowest BCUT2D eigenvalue weighted by atomic mass is 10.0. The zero-order valence-corrected chi connectivity index (χ0v) is 13.6. The first-order valence-corrected chi connectivity index (χ1v) is 8.06. The average molecular weight is 333 g/mol. The van der Waals surface area contributed by atoms with Gasteiger partial charge in [-0.1, -0.05) is 0 Å². The summed E-state index contributed by atoms with van der Waals surface area (Å²) in [5, 5.41) is 5.40. The van der Waals surface area contributed by atoms with Gasteiger partial charge in [0.2, 0.25) is 0 Å². The Morgan fingerprint density at radius 3 is 2.94 bits per heavy atom. The van der Waals surface area contributed by atoms with E-state index in [1.54, 1.807) is 0 Å². The predicted octanol–water partition coefficient (Wildman–Crippen LogP) is 2.88. The van der Waals surface area contributed by atoms with Crippen molar-refractivity contribution in [2.24, 2.45) is 0 Å². The number of halogens is 1. The zero-order valence-electron chi connectivity index (χ0n) is 11.1. The number of morpholine rings is 1. The highest BCUT2D eigenvalue weighted by atomic mass is 79.9. The van der Waals surface area contributed by atoms with E-state index in [1.807, 2.05) is 18.4 Å². The van der Waals surface area contributed by atoms with Crippen LogP contribution in [0.3, 0.4) is 0 Å². The summed E-state index contributed by atoms with van der Waals surface area (Å²) >= 11 is 5.36. The first kappa shape index (κ1) is 14.5. The highest BCUT2D eigenvalue weighted by Crippen LogP contribution is 2.35. The maximum Gasteiger partial charge on any atom is 0.0904 e. The fourth-order valence-corrected chi connectivity index (χ4v) is 4.15. The van der Waals surface area contributed by atoms with Gasteiger partial charge in [0.1, 0.15) is 0 Å². The maximum atomic E-state index is 5.96. The van der Waals surface area contributed by atoms with Crippen molar-refractivity contribution in [3.8, 4) is 0 Å². The summed E-state index contributed by atoms with van der Waals surface area (Å²) in [4.78, 5) is 3.93. The summed E-state index contributed by atoms with van der Waals surface area (Å²) in [5.41, 5.74) is 0. The van der Waals surface area contributed by atoms with E-state index in [2.05, 4.69) is 51.4 Å². The second-order valence-electron chi connectivity index (χ2n) is 4.91. The number of ether oxygens (including phenoxy) is 1. The minimum atomic E-state index is 0.233. The third-order valence-corrected chi connectivity index (χ3v) is 5.10. The Morgan fingerprint density at radius 1 is 1.61 bits per heavy atom. The highest BCUT2D eigenvalue weighted by Gasteiger charge is 2.35. The Morgan fingerprint density at radius 2 is 2.39 bits per heavy atom. The number of likely N-dealkylation sites (N-methyl/N-ethyl adjacent to an activating group) is 1. The molecule has 1 aliphatic rings. The summed E-state index contributed by atoms with van der Waals surface area (Å²) in [6.07, 6.45) is 0.233. The fourth-order valence-electron chi connectivity index (χ4n) is 2.53. The second-order valence-corrected chi connectivity index (χ2v) is 6.77. The van der Waals surface area contributed by atoms with E-state index in [-0.39, 0.29) is 6.10 Å². The van der Waals surface area contributed by atoms with Gasteiger partial charge in [0.25, 0.3) is 0 Å². The molecule has 0 spiro atoms. The van der Waals surface area contributed by atoms with E-state index in [0.717, 1.165) is 19.7 Å². The van der Waals surface area contributed by atoms with Crippen LogP contribution in [-0.4, -0.2) is 43.8 Å². The molecule has 1 aromatic rings. The van der Waals surface area contributed by atoms with Crippen LogP contribution in [0.1, 0.15) is 24.8 Å². The molecule has 2 atom stereocenters. The fraction of sp³-hybridized carbons (Fsp3) is 0.692. The van der Waals surface area contributed by atoms with Gasteiger partial charge in [-0.05, 0) is 42.9 Å². The van der Waals surface area contributed by atoms with Crippen LogP contribution in [0, 0.1) is 0 Å². The molecule has 0 bridgehead atoms. The van der Waals surface area contributed by atoms with Gasteiger partial charge >= 0.3 is 0 Å². The Bertz CT molecular complexity index is 381. The van der Waals surface area contributed by atoms with Crippen LogP contribution >= 0.6 is 27.3 Å². The molecule has 2 heterocycles. The molecule has 1 aromatic heterocycles. The summed E-state index contributed by atoms with van der Waals surface area (Å²) in [7, 11) is 1.99. The van der Waals surface area contributed by atoms with Crippen LogP contribution < -0.4 is 5.32 Å². The third kappa shape index (κ3) is 3.14. The summed E-state index contributed by atoms with van der Waals surface area (Å²) < 4.78 is 7.13. The molecule has 102 valence electrons. The van der Waals surface area contributed by atoms with Gasteiger partial charge in [-0.25, -0.2) is 0 Å². The van der Waals surface area contributed by atoms with Crippen molar-refractivity contribution in [1.82, 2.24) is 10.2 Å². The van der Waals surface area contributed by atoms with Crippen molar-refractivity contribution in [3.63, 3.8) is 0 Å². The monoisotopic (exact) mass is 332 g/mol. The van der Waals surface area contributed by atoms with Crippen LogP contribution in [0.25, 0.3) is 0 Å². The van der Waals surface area contributed by atoms with E-state index in [0.29, 0.717) is 12.1 Å². The molecule has 3 nitrogen and oxygen atoms in total. The van der Waals surface area contributed by atoms with E-state index in [1.165, 1.54) is 9.35 Å². The quantitative estimate of drug-likeness (QED) is 0.917. The average Bonchev–Trinajstić information content (AvgIpc) is 2.75. The van der Waals surface area contributed by atoms with Gasteiger partial charge < -0.3 is 10.1 Å². The van der Waals surface area contributed by atoms with Crippen LogP contribution in [0.2, 0.25) is 0 Å². The standard InChI is InChI=1S/C13H21BrN2OS/c1-9(2)16-4-5-17-11(7-15-3)13(16)12-6-10(14)8-18-12/h6,8-9,11,13,15H,4-5,7H2,1-3H3. The van der Waals surface area contributed by atoms with Crippen molar-refractivity contribution < 1.29 is 4.74 Å². The minimum absolute atomic E-state index is 0.233. The molecule has 2 unspecified atom stereocenters. The number of nitrogens with one attached hydrogen (secondary N) is 1. The molecular weight excluding hydrogens is 312 g/mol. The molecule has 0 amide bonds. The smallest absolute Gasteiger partial charge is 0.0904 e. The molecular formula is C13H21BrN2OS. The molecule has 18 heavy (non-hydrogen) atoms. The first-order chi connectivity index (χ1) is 8.63. The maximum absolute atomic E-state index is 5.96. The van der Waals surface area contributed by atoms with Gasteiger partial charge in [0.05, 0.1) is 18.8 Å². The SMILES string of the molecule is CNCC1OCCN(C(C)C)C1c1cc(Br)cs1. The Kier molecular flexibility index (Phi) is 5.21. The lowest BCUT2D eigenvalue weighted by Gasteiger charge is -2.43. The Labute approximate surface area is 122 Å². The zero-order chi connectivity index (χ0) is 13.1. The topological polar surface area (TPSA) is 24.5 Å². The molecule has 1 aliphatic heterocycles. The highest BCUT2D eigenvalue weighted by molar-refractivity contribution is 9.10. The number of thiophene rings is 1. The predicted molar refractivity (Wildman–Crippen MR) is 80.3 cm³/mol. The summed E-state index contributed by atoms with van der Waals surface area (Å²) in [5.74, 6) is 0. The lowest BCUT2D eigenvalue weighted by molar-refractivity contribution is -0.0803. The molecule has 0 aromatic carbocycles. The number of rotatable bonds is 4. The van der Waals surface area contributed by atoms with E-state index < -0.39 is 0 Å². The Hall–Kier alpha value is 0.0600. The van der Waals surface area contributed by atoms with E-state index in [9.17, 15) is 0 Å². The molecule has 1 N–H and O–H groups in total. The van der Waals surface area contributed by atoms with Crippen molar-refractivity contribution in [1.29, 1.82) is 0 Å². The van der Waals surface area contributed by atoms with Crippen molar-refractivity contribution >= 4 is 27.3 Å². The van der Waals surface area contributed by atoms with Crippen LogP contribution in [0.5, 0.6) is 0 Å². The van der Waals surface area contributed by atoms with Gasteiger partial charge in [0.15, 0.2) is 0 Å². The minimum Gasteiger partial charge on any atom is -0.374 e. The van der Waals surface area contributed by atoms with Crippen LogP contribution in [0.4, 0.5) is 0 Å². The molecule has 2 rings (SSSR count). The van der Waals surface area contributed by atoms with Crippen LogP contribution in [0.15, 0.2) is 15.9 Å². The van der Waals surface area contributed by atoms with Crippen molar-refractivity contribution in [3.05, 3.63) is 20.8 Å². The van der Waals surface area contributed by atoms with Crippen LogP contribution in [-0.2, 0) is 4.74 Å². The lowest BCUT2D eigenvalue weighted by Crippen LogP contribution is -2.50. The molecule has 5 heteroatoms. The van der Waals surface area contributed by atoms with Crippen molar-refractivity contribution in [2.45, 2.75) is 32.0 Å². The second kappa shape index (κ2) is 6.48. The third-order valence-electron chi connectivity index (χ3n) is 3.34. The molecule has 1 fully saturated rings. The van der Waals surface area contributed by atoms with Crippen molar-refractivity contribution in [2.75, 3.05) is 26.7 Å². The molecule has 1 saturated heterocycles. The van der Waals surface area contributed by atoms with Gasteiger partial charge in [0, 0.05) is 33.9 Å². The van der Waals surface area contributed by atoms with E-state index >= 15 is 0 Å². The number of hydrogen-bond donors (Lipinski definition) is 1.